The number of nitrogens with zero attached hydrogens (tertiary/aromatic N) is 2. The molecule has 3 nitrogen and oxygen atoms in total. The van der Waals surface area contributed by atoms with Gasteiger partial charge >= 0.3 is 0 Å². The van der Waals surface area contributed by atoms with Crippen LogP contribution in [-0.2, 0) is 0 Å². The Balaban J connectivity index is 1.47. The van der Waals surface area contributed by atoms with E-state index < -0.39 is 0 Å². The minimum atomic E-state index is 0.697. The minimum Gasteiger partial charge on any atom is -0.311 e. The van der Waals surface area contributed by atoms with Crippen molar-refractivity contribution in [3.63, 3.8) is 0 Å². The number of likely N-dealkylation sites (tertiary alicyclic amines) is 1. The van der Waals surface area contributed by atoms with Gasteiger partial charge in [0.05, 0.1) is 0 Å². The number of fused-ring (bicyclic) bond motifs is 1. The third-order valence-electron chi connectivity index (χ3n) is 6.02. The largest absolute Gasteiger partial charge is 0.311 e. The molecular formula is C17H33N3. The molecule has 3 heterocycles. The molecule has 4 unspecified atom stereocenters. The van der Waals surface area contributed by atoms with E-state index in [1.165, 1.54) is 71.2 Å². The fourth-order valence-corrected chi connectivity index (χ4v) is 4.67. The van der Waals surface area contributed by atoms with Crippen LogP contribution in [0, 0.1) is 5.92 Å². The van der Waals surface area contributed by atoms with Crippen LogP contribution in [0.1, 0.15) is 52.4 Å². The summed E-state index contributed by atoms with van der Waals surface area (Å²) in [6.45, 7) is 11.3. The first kappa shape index (κ1) is 14.8. The number of piperidine rings is 2. The average molecular weight is 279 g/mol. The third kappa shape index (κ3) is 3.37. The molecule has 0 aromatic carbocycles. The van der Waals surface area contributed by atoms with Crippen LogP contribution in [0.3, 0.4) is 0 Å². The fourth-order valence-electron chi connectivity index (χ4n) is 4.67. The van der Waals surface area contributed by atoms with Crippen molar-refractivity contribution in [1.29, 1.82) is 0 Å². The molecule has 3 aliphatic heterocycles. The topological polar surface area (TPSA) is 18.5 Å². The molecule has 0 radical (unpaired) electrons. The van der Waals surface area contributed by atoms with E-state index in [1.807, 2.05) is 0 Å². The normalized spacial score (nSPS) is 37.8. The molecule has 3 rings (SSSR count). The van der Waals surface area contributed by atoms with Crippen molar-refractivity contribution in [2.75, 3.05) is 32.7 Å². The van der Waals surface area contributed by atoms with Gasteiger partial charge in [-0.3, -0.25) is 0 Å². The zero-order valence-corrected chi connectivity index (χ0v) is 13.5. The molecule has 3 saturated heterocycles. The lowest BCUT2D eigenvalue weighted by Crippen LogP contribution is -2.51. The predicted octanol–water partition coefficient (Wildman–Crippen LogP) is 2.32. The van der Waals surface area contributed by atoms with Crippen molar-refractivity contribution in [2.45, 2.75) is 70.5 Å². The van der Waals surface area contributed by atoms with Crippen LogP contribution in [0.2, 0.25) is 0 Å². The molecule has 3 heteroatoms. The van der Waals surface area contributed by atoms with Gasteiger partial charge in [0.1, 0.15) is 0 Å². The van der Waals surface area contributed by atoms with Crippen molar-refractivity contribution in [1.82, 2.24) is 15.1 Å². The van der Waals surface area contributed by atoms with Gasteiger partial charge in [-0.25, -0.2) is 0 Å². The van der Waals surface area contributed by atoms with Crippen LogP contribution in [0.15, 0.2) is 0 Å². The minimum absolute atomic E-state index is 0.697. The first-order chi connectivity index (χ1) is 9.76. The van der Waals surface area contributed by atoms with Gasteiger partial charge in [0.25, 0.3) is 0 Å². The lowest BCUT2D eigenvalue weighted by Gasteiger charge is -2.40. The molecule has 0 bridgehead atoms. The van der Waals surface area contributed by atoms with E-state index in [4.69, 9.17) is 0 Å². The number of rotatable bonds is 4. The lowest BCUT2D eigenvalue weighted by molar-refractivity contribution is 0.127. The lowest BCUT2D eigenvalue weighted by atomic mass is 9.89. The maximum Gasteiger partial charge on any atom is 0.0111 e. The molecule has 0 spiro atoms. The zero-order chi connectivity index (χ0) is 13.9. The number of hydrogen-bond acceptors (Lipinski definition) is 3. The molecule has 3 fully saturated rings. The molecule has 116 valence electrons. The van der Waals surface area contributed by atoms with Crippen LogP contribution < -0.4 is 5.32 Å². The number of hydrogen-bond donors (Lipinski definition) is 1. The van der Waals surface area contributed by atoms with Crippen LogP contribution in [0.4, 0.5) is 0 Å². The van der Waals surface area contributed by atoms with E-state index in [0.717, 1.165) is 18.0 Å². The van der Waals surface area contributed by atoms with Crippen molar-refractivity contribution in [3.8, 4) is 0 Å². The van der Waals surface area contributed by atoms with Crippen LogP contribution in [0.5, 0.6) is 0 Å². The molecule has 0 aromatic rings. The summed E-state index contributed by atoms with van der Waals surface area (Å²) in [5, 5.41) is 3.99. The van der Waals surface area contributed by atoms with Gasteiger partial charge < -0.3 is 15.1 Å². The highest BCUT2D eigenvalue weighted by Gasteiger charge is 2.33. The zero-order valence-electron chi connectivity index (χ0n) is 13.5. The summed E-state index contributed by atoms with van der Waals surface area (Å²) in [7, 11) is 0. The van der Waals surface area contributed by atoms with Gasteiger partial charge in [-0.1, -0.05) is 6.92 Å². The van der Waals surface area contributed by atoms with Crippen LogP contribution >= 0.6 is 0 Å². The highest BCUT2D eigenvalue weighted by Crippen LogP contribution is 2.28. The molecule has 0 amide bonds. The van der Waals surface area contributed by atoms with Gasteiger partial charge in [-0.05, 0) is 77.5 Å². The quantitative estimate of drug-likeness (QED) is 0.852. The molecule has 4 atom stereocenters. The maximum atomic E-state index is 3.99. The maximum absolute atomic E-state index is 3.99. The molecule has 0 saturated carbocycles. The average Bonchev–Trinajstić information content (AvgIpc) is 2.95. The van der Waals surface area contributed by atoms with Crippen LogP contribution in [0.25, 0.3) is 0 Å². The van der Waals surface area contributed by atoms with E-state index in [-0.39, 0.29) is 0 Å². The van der Waals surface area contributed by atoms with Gasteiger partial charge in [-0.15, -0.1) is 0 Å². The summed E-state index contributed by atoms with van der Waals surface area (Å²) in [6.07, 6.45) is 8.46. The summed E-state index contributed by atoms with van der Waals surface area (Å²) in [4.78, 5) is 5.36. The van der Waals surface area contributed by atoms with Crippen molar-refractivity contribution < 1.29 is 0 Å². The van der Waals surface area contributed by atoms with Crippen molar-refractivity contribution in [3.05, 3.63) is 0 Å². The molecule has 3 aliphatic rings. The summed E-state index contributed by atoms with van der Waals surface area (Å²) < 4.78 is 0. The fraction of sp³-hybridized carbons (Fsp3) is 1.00. The highest BCUT2D eigenvalue weighted by atomic mass is 15.2. The first-order valence-electron chi connectivity index (χ1n) is 8.98. The van der Waals surface area contributed by atoms with Crippen molar-refractivity contribution in [2.24, 2.45) is 5.92 Å². The molecule has 1 N–H and O–H groups in total. The molecule has 0 aliphatic carbocycles. The Morgan fingerprint density at radius 1 is 1.10 bits per heavy atom. The van der Waals surface area contributed by atoms with E-state index in [9.17, 15) is 0 Å². The SMILES string of the molecule is CCN1CCCC(C(C)NC2CCN3CCCC3C2)C1. The van der Waals surface area contributed by atoms with Gasteiger partial charge in [0.15, 0.2) is 0 Å². The Kier molecular flexibility index (Phi) is 5.00. The Hall–Kier alpha value is -0.120. The molecule has 0 aromatic heterocycles. The smallest absolute Gasteiger partial charge is 0.0111 e. The van der Waals surface area contributed by atoms with E-state index in [0.29, 0.717) is 6.04 Å². The van der Waals surface area contributed by atoms with Crippen molar-refractivity contribution >= 4 is 0 Å². The Morgan fingerprint density at radius 3 is 2.80 bits per heavy atom. The summed E-state index contributed by atoms with van der Waals surface area (Å²) >= 11 is 0. The monoisotopic (exact) mass is 279 g/mol. The summed E-state index contributed by atoms with van der Waals surface area (Å²) in [6, 6.07) is 2.37. The first-order valence-corrected chi connectivity index (χ1v) is 8.98. The third-order valence-corrected chi connectivity index (χ3v) is 6.02. The second-order valence-electron chi connectivity index (χ2n) is 7.30. The van der Waals surface area contributed by atoms with E-state index in [2.05, 4.69) is 29.0 Å². The van der Waals surface area contributed by atoms with Gasteiger partial charge in [0, 0.05) is 24.7 Å². The summed E-state index contributed by atoms with van der Waals surface area (Å²) in [5.41, 5.74) is 0. The van der Waals surface area contributed by atoms with Gasteiger partial charge in [0.2, 0.25) is 0 Å². The second kappa shape index (κ2) is 6.76. The molecule has 20 heavy (non-hydrogen) atoms. The predicted molar refractivity (Wildman–Crippen MR) is 85.1 cm³/mol. The number of nitrogens with one attached hydrogen (secondary N) is 1. The highest BCUT2D eigenvalue weighted by molar-refractivity contribution is 4.91. The van der Waals surface area contributed by atoms with E-state index in [1.54, 1.807) is 0 Å². The Morgan fingerprint density at radius 2 is 1.95 bits per heavy atom. The van der Waals surface area contributed by atoms with Gasteiger partial charge in [-0.2, -0.15) is 0 Å². The summed E-state index contributed by atoms with van der Waals surface area (Å²) in [5.74, 6) is 0.866. The Labute approximate surface area is 125 Å². The second-order valence-corrected chi connectivity index (χ2v) is 7.30. The van der Waals surface area contributed by atoms with E-state index >= 15 is 0 Å². The van der Waals surface area contributed by atoms with Crippen LogP contribution in [-0.4, -0.2) is 60.6 Å². The molecular weight excluding hydrogens is 246 g/mol. The Bertz CT molecular complexity index is 307. The standard InChI is InChI=1S/C17H33N3/c1-3-19-9-4-6-15(13-19)14(2)18-16-8-11-20-10-5-7-17(20)12-16/h14-18H,3-13H2,1-2H3.